The maximum Gasteiger partial charge on any atom is 0.110 e. The van der Waals surface area contributed by atoms with E-state index in [1.54, 1.807) is 0 Å². The summed E-state index contributed by atoms with van der Waals surface area (Å²) in [5, 5.41) is 3.47. The summed E-state index contributed by atoms with van der Waals surface area (Å²) in [5.41, 5.74) is 0.524. The smallest absolute Gasteiger partial charge is 0.110 e. The average molecular weight is 235 g/mol. The van der Waals surface area contributed by atoms with Gasteiger partial charge in [-0.05, 0) is 31.2 Å². The Labute approximate surface area is 105 Å². The fourth-order valence-electron chi connectivity index (χ4n) is 2.81. The van der Waals surface area contributed by atoms with Crippen LogP contribution >= 0.6 is 0 Å². The fourth-order valence-corrected chi connectivity index (χ4v) is 2.81. The highest BCUT2D eigenvalue weighted by Crippen LogP contribution is 2.53. The molecule has 0 bridgehead atoms. The zero-order valence-corrected chi connectivity index (χ0v) is 11.5. The third-order valence-corrected chi connectivity index (χ3v) is 4.11. The second-order valence-corrected chi connectivity index (χ2v) is 5.94. The average Bonchev–Trinajstić information content (AvgIpc) is 2.72. The van der Waals surface area contributed by atoms with Crippen LogP contribution in [0.15, 0.2) is 12.4 Å². The predicted octanol–water partition coefficient (Wildman–Crippen LogP) is 2.47. The van der Waals surface area contributed by atoms with Crippen LogP contribution in [0.1, 0.15) is 39.4 Å². The van der Waals surface area contributed by atoms with E-state index in [9.17, 15) is 0 Å². The Hall–Kier alpha value is -0.830. The Kier molecular flexibility index (Phi) is 3.57. The number of aromatic nitrogens is 2. The lowest BCUT2D eigenvalue weighted by atomic mass is 10.0. The van der Waals surface area contributed by atoms with Crippen molar-refractivity contribution in [2.75, 3.05) is 7.05 Å². The summed E-state index contributed by atoms with van der Waals surface area (Å²) in [7, 11) is 2.08. The maximum absolute atomic E-state index is 4.50. The van der Waals surface area contributed by atoms with Crippen molar-refractivity contribution in [1.29, 1.82) is 0 Å². The van der Waals surface area contributed by atoms with E-state index in [0.717, 1.165) is 18.9 Å². The number of imidazole rings is 1. The molecule has 2 rings (SSSR count). The Morgan fingerprint density at radius 1 is 1.59 bits per heavy atom. The van der Waals surface area contributed by atoms with E-state index in [-0.39, 0.29) is 0 Å². The van der Waals surface area contributed by atoms with Gasteiger partial charge in [0.2, 0.25) is 0 Å². The highest BCUT2D eigenvalue weighted by molar-refractivity contribution is 5.06. The topological polar surface area (TPSA) is 29.9 Å². The lowest BCUT2D eigenvalue weighted by Crippen LogP contribution is -2.32. The third kappa shape index (κ3) is 2.71. The number of hydrogen-bond acceptors (Lipinski definition) is 2. The molecule has 1 heterocycles. The number of aryl methyl sites for hydroxylation is 1. The largest absolute Gasteiger partial charge is 0.335 e. The van der Waals surface area contributed by atoms with E-state index in [0.29, 0.717) is 11.5 Å². The molecule has 2 unspecified atom stereocenters. The first-order chi connectivity index (χ1) is 8.08. The molecule has 1 fully saturated rings. The van der Waals surface area contributed by atoms with Gasteiger partial charge in [0.05, 0.1) is 0 Å². The van der Waals surface area contributed by atoms with E-state index in [1.165, 1.54) is 18.7 Å². The minimum absolute atomic E-state index is 0.524. The molecule has 1 N–H and O–H groups in total. The molecule has 1 aliphatic carbocycles. The van der Waals surface area contributed by atoms with Crippen molar-refractivity contribution in [3.8, 4) is 0 Å². The number of nitrogens with zero attached hydrogens (tertiary/aromatic N) is 2. The highest BCUT2D eigenvalue weighted by atomic mass is 15.1. The van der Waals surface area contributed by atoms with Gasteiger partial charge in [0, 0.05) is 31.4 Å². The Bertz CT molecular complexity index is 367. The van der Waals surface area contributed by atoms with Gasteiger partial charge >= 0.3 is 0 Å². The first-order valence-corrected chi connectivity index (χ1v) is 6.75. The van der Waals surface area contributed by atoms with E-state index in [2.05, 4.69) is 48.9 Å². The Morgan fingerprint density at radius 2 is 2.29 bits per heavy atom. The van der Waals surface area contributed by atoms with E-state index in [1.807, 2.05) is 6.20 Å². The molecule has 0 amide bonds. The number of likely N-dealkylation sites (N-methyl/N-ethyl adjacent to an activating group) is 1. The first-order valence-electron chi connectivity index (χ1n) is 6.75. The third-order valence-electron chi connectivity index (χ3n) is 4.11. The van der Waals surface area contributed by atoms with Crippen LogP contribution in [-0.4, -0.2) is 22.6 Å². The quantitative estimate of drug-likeness (QED) is 0.821. The zero-order chi connectivity index (χ0) is 12.5. The summed E-state index contributed by atoms with van der Waals surface area (Å²) in [6.07, 6.45) is 7.59. The van der Waals surface area contributed by atoms with Gasteiger partial charge in [0.25, 0.3) is 0 Å². The molecule has 17 heavy (non-hydrogen) atoms. The molecule has 2 atom stereocenters. The van der Waals surface area contributed by atoms with Crippen LogP contribution in [0.25, 0.3) is 0 Å². The van der Waals surface area contributed by atoms with Gasteiger partial charge in [0.1, 0.15) is 5.82 Å². The SMILES string of the molecule is CCCn1ccnc1CC(NC)C1CC1(C)C. The zero-order valence-electron chi connectivity index (χ0n) is 11.5. The molecule has 3 nitrogen and oxygen atoms in total. The molecule has 1 aromatic heterocycles. The van der Waals surface area contributed by atoms with Crippen molar-refractivity contribution in [1.82, 2.24) is 14.9 Å². The molecule has 0 radical (unpaired) electrons. The van der Waals surface area contributed by atoms with Crippen LogP contribution in [0.2, 0.25) is 0 Å². The predicted molar refractivity (Wildman–Crippen MR) is 71.0 cm³/mol. The van der Waals surface area contributed by atoms with Gasteiger partial charge in [-0.1, -0.05) is 20.8 Å². The summed E-state index contributed by atoms with van der Waals surface area (Å²) < 4.78 is 2.29. The lowest BCUT2D eigenvalue weighted by molar-refractivity contribution is 0.414. The summed E-state index contributed by atoms with van der Waals surface area (Å²) >= 11 is 0. The molecule has 1 aromatic rings. The number of rotatable bonds is 6. The summed E-state index contributed by atoms with van der Waals surface area (Å²) in [5.74, 6) is 2.04. The molecule has 1 aliphatic rings. The first kappa shape index (κ1) is 12.6. The monoisotopic (exact) mass is 235 g/mol. The van der Waals surface area contributed by atoms with E-state index >= 15 is 0 Å². The van der Waals surface area contributed by atoms with Gasteiger partial charge in [-0.2, -0.15) is 0 Å². The molecule has 96 valence electrons. The maximum atomic E-state index is 4.50. The van der Waals surface area contributed by atoms with Crippen LogP contribution in [0.5, 0.6) is 0 Å². The standard InChI is InChI=1S/C14H25N3/c1-5-7-17-8-6-16-13(17)9-12(15-4)11-10-14(11,2)3/h6,8,11-12,15H,5,7,9-10H2,1-4H3. The highest BCUT2D eigenvalue weighted by Gasteiger charge is 2.49. The van der Waals surface area contributed by atoms with Crippen LogP contribution in [0, 0.1) is 11.3 Å². The molecular weight excluding hydrogens is 210 g/mol. The second-order valence-electron chi connectivity index (χ2n) is 5.94. The van der Waals surface area contributed by atoms with Crippen molar-refractivity contribution in [3.63, 3.8) is 0 Å². The molecule has 0 aromatic carbocycles. The molecule has 3 heteroatoms. The normalized spacial score (nSPS) is 23.6. The Balaban J connectivity index is 2.01. The number of nitrogens with one attached hydrogen (secondary N) is 1. The van der Waals surface area contributed by atoms with Gasteiger partial charge in [0.15, 0.2) is 0 Å². The summed E-state index contributed by atoms with van der Waals surface area (Å²) in [6.45, 7) is 8.02. The lowest BCUT2D eigenvalue weighted by Gasteiger charge is -2.18. The number of hydrogen-bond donors (Lipinski definition) is 1. The van der Waals surface area contributed by atoms with Crippen LogP contribution in [0.4, 0.5) is 0 Å². The molecule has 0 saturated heterocycles. The minimum Gasteiger partial charge on any atom is -0.335 e. The Morgan fingerprint density at radius 3 is 2.82 bits per heavy atom. The minimum atomic E-state index is 0.524. The van der Waals surface area contributed by atoms with Crippen molar-refractivity contribution in [2.45, 2.75) is 52.6 Å². The summed E-state index contributed by atoms with van der Waals surface area (Å²) in [4.78, 5) is 4.50. The second kappa shape index (κ2) is 4.81. The fraction of sp³-hybridized carbons (Fsp3) is 0.786. The van der Waals surface area contributed by atoms with E-state index in [4.69, 9.17) is 0 Å². The summed E-state index contributed by atoms with van der Waals surface area (Å²) in [6, 6.07) is 0.572. The van der Waals surface area contributed by atoms with Gasteiger partial charge in [-0.3, -0.25) is 0 Å². The van der Waals surface area contributed by atoms with Crippen molar-refractivity contribution in [3.05, 3.63) is 18.2 Å². The molecule has 0 aliphatic heterocycles. The van der Waals surface area contributed by atoms with Gasteiger partial charge in [-0.25, -0.2) is 4.98 Å². The molecular formula is C14H25N3. The van der Waals surface area contributed by atoms with Crippen molar-refractivity contribution in [2.24, 2.45) is 11.3 Å². The van der Waals surface area contributed by atoms with Crippen LogP contribution < -0.4 is 5.32 Å². The van der Waals surface area contributed by atoms with Crippen molar-refractivity contribution >= 4 is 0 Å². The van der Waals surface area contributed by atoms with Crippen LogP contribution in [-0.2, 0) is 13.0 Å². The van der Waals surface area contributed by atoms with Crippen molar-refractivity contribution < 1.29 is 0 Å². The van der Waals surface area contributed by atoms with Gasteiger partial charge < -0.3 is 9.88 Å². The van der Waals surface area contributed by atoms with Crippen LogP contribution in [0.3, 0.4) is 0 Å². The molecule has 1 saturated carbocycles. The molecule has 0 spiro atoms. The van der Waals surface area contributed by atoms with Gasteiger partial charge in [-0.15, -0.1) is 0 Å². The van der Waals surface area contributed by atoms with E-state index < -0.39 is 0 Å².